The summed E-state index contributed by atoms with van der Waals surface area (Å²) >= 11 is 0. The van der Waals surface area contributed by atoms with Gasteiger partial charge in [-0.05, 0) is 18.6 Å². The van der Waals surface area contributed by atoms with Gasteiger partial charge in [0, 0.05) is 19.3 Å². The van der Waals surface area contributed by atoms with E-state index in [0.717, 1.165) is 13.0 Å². The lowest BCUT2D eigenvalue weighted by molar-refractivity contribution is -0.158. The van der Waals surface area contributed by atoms with E-state index < -0.39 is 12.1 Å². The summed E-state index contributed by atoms with van der Waals surface area (Å²) in [5.74, 6) is -0.507. The largest absolute Gasteiger partial charge is 0.467 e. The van der Waals surface area contributed by atoms with Crippen LogP contribution in [-0.2, 0) is 20.8 Å². The Morgan fingerprint density at radius 2 is 2.30 bits per heavy atom. The smallest absolute Gasteiger partial charge is 0.336 e. The van der Waals surface area contributed by atoms with Crippen LogP contribution in [0.25, 0.3) is 0 Å². The van der Waals surface area contributed by atoms with E-state index in [-0.39, 0.29) is 12.5 Å². The van der Waals surface area contributed by atoms with Gasteiger partial charge in [-0.1, -0.05) is 6.92 Å². The fraction of sp³-hybridized carbons (Fsp3) is 0.571. The molecule has 0 saturated carbocycles. The molecule has 1 aliphatic rings. The minimum atomic E-state index is -0.688. The molecule has 0 bridgehead atoms. The summed E-state index contributed by atoms with van der Waals surface area (Å²) in [6.07, 6.45) is 2.17. The third-order valence-electron chi connectivity index (χ3n) is 3.33. The first kappa shape index (κ1) is 14.6. The van der Waals surface area contributed by atoms with Crippen molar-refractivity contribution >= 4 is 11.9 Å². The fourth-order valence-electron chi connectivity index (χ4n) is 2.31. The van der Waals surface area contributed by atoms with Crippen LogP contribution in [-0.4, -0.2) is 54.3 Å². The summed E-state index contributed by atoms with van der Waals surface area (Å²) in [4.78, 5) is 25.7. The number of carbonyl (C=O) groups excluding carboxylic acids is 2. The van der Waals surface area contributed by atoms with Crippen molar-refractivity contribution in [2.75, 3.05) is 26.8 Å². The number of hydrogen-bond acceptors (Lipinski definition) is 4. The van der Waals surface area contributed by atoms with Crippen LogP contribution in [0.4, 0.5) is 0 Å². The minimum Gasteiger partial charge on any atom is -0.467 e. The zero-order chi connectivity index (χ0) is 14.5. The summed E-state index contributed by atoms with van der Waals surface area (Å²) in [6.45, 7) is 3.95. The van der Waals surface area contributed by atoms with E-state index in [0.29, 0.717) is 18.8 Å². The Kier molecular flexibility index (Phi) is 4.79. The molecule has 1 aromatic rings. The topological polar surface area (TPSA) is 60.8 Å². The zero-order valence-corrected chi connectivity index (χ0v) is 11.9. The Hall–Kier alpha value is -1.82. The maximum atomic E-state index is 12.5. The van der Waals surface area contributed by atoms with Crippen LogP contribution in [0.1, 0.15) is 23.8 Å². The van der Waals surface area contributed by atoms with E-state index in [2.05, 4.69) is 11.7 Å². The molecule has 2 rings (SSSR count). The summed E-state index contributed by atoms with van der Waals surface area (Å²) in [5.41, 5.74) is 0.650. The fourth-order valence-corrected chi connectivity index (χ4v) is 2.31. The Labute approximate surface area is 118 Å². The van der Waals surface area contributed by atoms with Gasteiger partial charge in [0.25, 0.3) is 5.91 Å². The molecule has 6 heteroatoms. The van der Waals surface area contributed by atoms with Gasteiger partial charge in [-0.2, -0.15) is 0 Å². The Balaban J connectivity index is 2.08. The molecule has 1 amide bonds. The van der Waals surface area contributed by atoms with Crippen LogP contribution in [0.15, 0.2) is 18.3 Å². The van der Waals surface area contributed by atoms with Crippen molar-refractivity contribution in [3.63, 3.8) is 0 Å². The van der Waals surface area contributed by atoms with Gasteiger partial charge in [0.2, 0.25) is 0 Å². The number of rotatable bonds is 4. The molecule has 110 valence electrons. The number of ether oxygens (including phenoxy) is 2. The highest BCUT2D eigenvalue weighted by molar-refractivity contribution is 5.93. The van der Waals surface area contributed by atoms with E-state index >= 15 is 0 Å². The molecule has 1 aromatic heterocycles. The number of nitrogens with zero attached hydrogens (tertiary/aromatic N) is 2. The normalized spacial score (nSPS) is 18.9. The lowest BCUT2D eigenvalue weighted by Crippen LogP contribution is -2.49. The van der Waals surface area contributed by atoms with Crippen molar-refractivity contribution < 1.29 is 19.1 Å². The first-order valence-electron chi connectivity index (χ1n) is 6.81. The van der Waals surface area contributed by atoms with Crippen molar-refractivity contribution in [3.8, 4) is 0 Å². The Morgan fingerprint density at radius 3 is 3.00 bits per heavy atom. The third kappa shape index (κ3) is 3.01. The predicted octanol–water partition coefficient (Wildman–Crippen LogP) is 0.912. The second kappa shape index (κ2) is 6.56. The highest BCUT2D eigenvalue weighted by atomic mass is 16.6. The minimum absolute atomic E-state index is 0.0688. The molecule has 1 atom stereocenters. The van der Waals surface area contributed by atoms with Crippen LogP contribution in [0, 0.1) is 0 Å². The molecule has 2 heterocycles. The number of hydrogen-bond donors (Lipinski definition) is 0. The molecule has 1 saturated heterocycles. The quantitative estimate of drug-likeness (QED) is 0.769. The number of amides is 1. The first-order chi connectivity index (χ1) is 9.67. The van der Waals surface area contributed by atoms with Gasteiger partial charge in [0.05, 0.1) is 20.3 Å². The molecule has 0 aromatic carbocycles. The number of carbonyl (C=O) groups is 2. The van der Waals surface area contributed by atoms with Crippen LogP contribution in [0.2, 0.25) is 0 Å². The van der Waals surface area contributed by atoms with Crippen molar-refractivity contribution in [2.45, 2.75) is 26.0 Å². The van der Waals surface area contributed by atoms with Gasteiger partial charge in [0.15, 0.2) is 6.10 Å². The second-order valence-electron chi connectivity index (χ2n) is 4.72. The monoisotopic (exact) mass is 280 g/mol. The molecule has 20 heavy (non-hydrogen) atoms. The highest BCUT2D eigenvalue weighted by Gasteiger charge is 2.31. The molecule has 1 fully saturated rings. The van der Waals surface area contributed by atoms with Crippen LogP contribution in [0.3, 0.4) is 0 Å². The lowest BCUT2D eigenvalue weighted by atomic mass is 10.2. The SMILES string of the molecule is CCCn1cccc1C(=O)N1CCOC(C(=O)OC)C1. The maximum Gasteiger partial charge on any atom is 0.336 e. The van der Waals surface area contributed by atoms with Gasteiger partial charge < -0.3 is 18.9 Å². The molecule has 1 aliphatic heterocycles. The number of aryl methyl sites for hydroxylation is 1. The van der Waals surface area contributed by atoms with Crippen molar-refractivity contribution in [3.05, 3.63) is 24.0 Å². The maximum absolute atomic E-state index is 12.5. The number of esters is 1. The average Bonchev–Trinajstić information content (AvgIpc) is 2.94. The molecule has 0 radical (unpaired) electrons. The Bertz CT molecular complexity index is 483. The van der Waals surface area contributed by atoms with Crippen molar-refractivity contribution in [1.29, 1.82) is 0 Å². The van der Waals surface area contributed by atoms with Gasteiger partial charge in [-0.3, -0.25) is 4.79 Å². The summed E-state index contributed by atoms with van der Waals surface area (Å²) < 4.78 is 11.9. The number of aromatic nitrogens is 1. The molecule has 6 nitrogen and oxygen atoms in total. The Morgan fingerprint density at radius 1 is 1.50 bits per heavy atom. The summed E-state index contributed by atoms with van der Waals surface area (Å²) in [5, 5.41) is 0. The molecule has 0 aliphatic carbocycles. The van der Waals surface area contributed by atoms with E-state index in [4.69, 9.17) is 4.74 Å². The molecule has 1 unspecified atom stereocenters. The number of methoxy groups -OCH3 is 1. The molecular formula is C14H20N2O4. The summed E-state index contributed by atoms with van der Waals surface area (Å²) in [7, 11) is 1.32. The first-order valence-corrected chi connectivity index (χ1v) is 6.81. The number of morpholine rings is 1. The van der Waals surface area contributed by atoms with Gasteiger partial charge in [0.1, 0.15) is 5.69 Å². The van der Waals surface area contributed by atoms with Crippen molar-refractivity contribution in [1.82, 2.24) is 9.47 Å². The van der Waals surface area contributed by atoms with Gasteiger partial charge in [-0.25, -0.2) is 4.79 Å². The van der Waals surface area contributed by atoms with Crippen LogP contribution < -0.4 is 0 Å². The van der Waals surface area contributed by atoms with E-state index in [9.17, 15) is 9.59 Å². The lowest BCUT2D eigenvalue weighted by Gasteiger charge is -2.31. The third-order valence-corrected chi connectivity index (χ3v) is 3.33. The predicted molar refractivity (Wildman–Crippen MR) is 72.4 cm³/mol. The molecule has 0 spiro atoms. The highest BCUT2D eigenvalue weighted by Crippen LogP contribution is 2.13. The second-order valence-corrected chi connectivity index (χ2v) is 4.72. The van der Waals surface area contributed by atoms with Crippen LogP contribution >= 0.6 is 0 Å². The van der Waals surface area contributed by atoms with Crippen molar-refractivity contribution in [2.24, 2.45) is 0 Å². The van der Waals surface area contributed by atoms with E-state index in [1.807, 2.05) is 16.8 Å². The average molecular weight is 280 g/mol. The standard InChI is InChI=1S/C14H20N2O4/c1-3-6-15-7-4-5-11(15)13(17)16-8-9-20-12(10-16)14(18)19-2/h4-5,7,12H,3,6,8-10H2,1-2H3. The van der Waals surface area contributed by atoms with E-state index in [1.54, 1.807) is 11.0 Å². The van der Waals surface area contributed by atoms with Gasteiger partial charge in [-0.15, -0.1) is 0 Å². The molecule has 0 N–H and O–H groups in total. The zero-order valence-electron chi connectivity index (χ0n) is 11.9. The van der Waals surface area contributed by atoms with Crippen LogP contribution in [0.5, 0.6) is 0 Å². The molecular weight excluding hydrogens is 260 g/mol. The van der Waals surface area contributed by atoms with E-state index in [1.165, 1.54) is 7.11 Å². The van der Waals surface area contributed by atoms with Gasteiger partial charge >= 0.3 is 5.97 Å². The summed E-state index contributed by atoms with van der Waals surface area (Å²) in [6, 6.07) is 3.67.